The van der Waals surface area contributed by atoms with E-state index in [-0.39, 0.29) is 0 Å². The second-order valence-corrected chi connectivity index (χ2v) is 7.16. The van der Waals surface area contributed by atoms with Gasteiger partial charge in [-0.3, -0.25) is 0 Å². The number of rotatable bonds is 3. The van der Waals surface area contributed by atoms with Crippen molar-refractivity contribution < 1.29 is 0 Å². The Hall–Kier alpha value is -0.0800. The Morgan fingerprint density at radius 1 is 1.00 bits per heavy atom. The normalized spacial score (nSPS) is 45.3. The molecule has 2 heterocycles. The van der Waals surface area contributed by atoms with E-state index in [9.17, 15) is 0 Å². The summed E-state index contributed by atoms with van der Waals surface area (Å²) in [5.41, 5.74) is 0. The largest absolute Gasteiger partial charge is 0.313 e. The van der Waals surface area contributed by atoms with Crippen LogP contribution in [0.2, 0.25) is 0 Å². The van der Waals surface area contributed by atoms with E-state index in [1.807, 2.05) is 0 Å². The Morgan fingerprint density at radius 3 is 2.33 bits per heavy atom. The molecule has 3 fully saturated rings. The van der Waals surface area contributed by atoms with Crippen molar-refractivity contribution in [3.05, 3.63) is 0 Å². The molecule has 2 heteroatoms. The molecule has 18 heavy (non-hydrogen) atoms. The van der Waals surface area contributed by atoms with Gasteiger partial charge in [0.05, 0.1) is 0 Å². The molecule has 1 N–H and O–H groups in total. The Kier molecular flexibility index (Phi) is 3.95. The zero-order valence-electron chi connectivity index (χ0n) is 12.2. The highest BCUT2D eigenvalue weighted by molar-refractivity contribution is 4.94. The molecule has 1 saturated carbocycles. The van der Waals surface area contributed by atoms with Crippen LogP contribution in [0.15, 0.2) is 0 Å². The molecule has 2 aliphatic heterocycles. The molecule has 1 aliphatic carbocycles. The van der Waals surface area contributed by atoms with E-state index in [0.29, 0.717) is 0 Å². The second kappa shape index (κ2) is 5.50. The van der Waals surface area contributed by atoms with E-state index < -0.39 is 0 Å². The summed E-state index contributed by atoms with van der Waals surface area (Å²) in [7, 11) is 2.34. The number of hydrogen-bond acceptors (Lipinski definition) is 2. The van der Waals surface area contributed by atoms with Crippen LogP contribution in [0.4, 0.5) is 0 Å². The number of nitrogens with one attached hydrogen (secondary N) is 1. The molecule has 104 valence electrons. The lowest BCUT2D eigenvalue weighted by Gasteiger charge is -2.38. The third-order valence-electron chi connectivity index (χ3n) is 5.98. The summed E-state index contributed by atoms with van der Waals surface area (Å²) in [5, 5.41) is 3.91. The minimum absolute atomic E-state index is 0.816. The summed E-state index contributed by atoms with van der Waals surface area (Å²) in [6, 6.07) is 2.62. The smallest absolute Gasteiger partial charge is 0.00988 e. The maximum atomic E-state index is 3.91. The van der Waals surface area contributed by atoms with Crippen LogP contribution in [-0.2, 0) is 0 Å². The molecule has 3 rings (SSSR count). The lowest BCUT2D eigenvalue weighted by atomic mass is 9.85. The molecular weight excluding hydrogens is 220 g/mol. The lowest BCUT2D eigenvalue weighted by molar-refractivity contribution is 0.127. The fraction of sp³-hybridized carbons (Fsp3) is 1.00. The maximum absolute atomic E-state index is 3.91. The molecule has 0 radical (unpaired) electrons. The highest BCUT2D eigenvalue weighted by Crippen LogP contribution is 2.37. The quantitative estimate of drug-likeness (QED) is 0.828. The van der Waals surface area contributed by atoms with Crippen LogP contribution in [0.3, 0.4) is 0 Å². The van der Waals surface area contributed by atoms with Gasteiger partial charge in [0, 0.05) is 18.1 Å². The predicted octanol–water partition coefficient (Wildman–Crippen LogP) is 3.03. The van der Waals surface area contributed by atoms with Gasteiger partial charge in [0.15, 0.2) is 0 Å². The predicted molar refractivity (Wildman–Crippen MR) is 76.7 cm³/mol. The maximum Gasteiger partial charge on any atom is 0.00988 e. The van der Waals surface area contributed by atoms with Crippen molar-refractivity contribution in [2.24, 2.45) is 11.8 Å². The standard InChI is InChI=1S/C16H30N2/c1-12-5-3-4-6-16(12)17-11-13-9-14-7-8-15(10-13)18(14)2/h12-17H,3-11H2,1-2H3. The minimum Gasteiger partial charge on any atom is -0.313 e. The average Bonchev–Trinajstić information content (AvgIpc) is 2.62. The van der Waals surface area contributed by atoms with Gasteiger partial charge in [0.1, 0.15) is 0 Å². The van der Waals surface area contributed by atoms with Gasteiger partial charge in [-0.1, -0.05) is 19.8 Å². The van der Waals surface area contributed by atoms with Crippen LogP contribution in [0.1, 0.15) is 58.3 Å². The Balaban J connectivity index is 1.46. The summed E-state index contributed by atoms with van der Waals surface area (Å²) in [6.45, 7) is 3.73. The minimum atomic E-state index is 0.816. The molecule has 0 aromatic heterocycles. The summed E-state index contributed by atoms with van der Waals surface area (Å²) >= 11 is 0. The van der Waals surface area contributed by atoms with Crippen molar-refractivity contribution >= 4 is 0 Å². The van der Waals surface area contributed by atoms with Crippen LogP contribution in [-0.4, -0.2) is 36.6 Å². The van der Waals surface area contributed by atoms with Gasteiger partial charge in [-0.15, -0.1) is 0 Å². The highest BCUT2D eigenvalue weighted by atomic mass is 15.2. The Bertz CT molecular complexity index is 264. The lowest BCUT2D eigenvalue weighted by Crippen LogP contribution is -2.45. The molecule has 2 saturated heterocycles. The van der Waals surface area contributed by atoms with Crippen molar-refractivity contribution in [1.29, 1.82) is 0 Å². The number of hydrogen-bond donors (Lipinski definition) is 1. The van der Waals surface area contributed by atoms with Crippen LogP contribution < -0.4 is 5.32 Å². The Labute approximate surface area is 113 Å². The first-order valence-corrected chi connectivity index (χ1v) is 8.19. The van der Waals surface area contributed by atoms with Gasteiger partial charge in [0.2, 0.25) is 0 Å². The van der Waals surface area contributed by atoms with Crippen LogP contribution in [0, 0.1) is 11.8 Å². The number of fused-ring (bicyclic) bond motifs is 2. The van der Waals surface area contributed by atoms with E-state index in [4.69, 9.17) is 0 Å². The third-order valence-corrected chi connectivity index (χ3v) is 5.98. The van der Waals surface area contributed by atoms with E-state index in [1.165, 1.54) is 57.9 Å². The van der Waals surface area contributed by atoms with Crippen molar-refractivity contribution in [3.8, 4) is 0 Å². The summed E-state index contributed by atoms with van der Waals surface area (Å²) in [4.78, 5) is 2.65. The van der Waals surface area contributed by atoms with Gasteiger partial charge in [-0.05, 0) is 64.0 Å². The highest BCUT2D eigenvalue weighted by Gasteiger charge is 2.38. The molecule has 3 aliphatic rings. The number of piperidine rings is 1. The average molecular weight is 250 g/mol. The Morgan fingerprint density at radius 2 is 1.67 bits per heavy atom. The first kappa shape index (κ1) is 12.9. The molecule has 4 unspecified atom stereocenters. The molecule has 0 aromatic carbocycles. The third kappa shape index (κ3) is 2.60. The van der Waals surface area contributed by atoms with E-state index >= 15 is 0 Å². The summed E-state index contributed by atoms with van der Waals surface area (Å²) in [5.74, 6) is 1.86. The molecule has 0 spiro atoms. The monoisotopic (exact) mass is 250 g/mol. The van der Waals surface area contributed by atoms with Crippen LogP contribution in [0.25, 0.3) is 0 Å². The van der Waals surface area contributed by atoms with Gasteiger partial charge in [-0.25, -0.2) is 0 Å². The fourth-order valence-electron chi connectivity index (χ4n) is 4.63. The SMILES string of the molecule is CC1CCCCC1NCC1CC2CCC(C1)N2C. The number of nitrogens with zero attached hydrogens (tertiary/aromatic N) is 1. The first-order valence-electron chi connectivity index (χ1n) is 8.19. The van der Waals surface area contributed by atoms with Gasteiger partial charge < -0.3 is 10.2 Å². The fourth-order valence-corrected chi connectivity index (χ4v) is 4.63. The first-order chi connectivity index (χ1) is 8.74. The summed E-state index contributed by atoms with van der Waals surface area (Å²) < 4.78 is 0. The van der Waals surface area contributed by atoms with Crippen LogP contribution >= 0.6 is 0 Å². The molecule has 0 aromatic rings. The zero-order valence-corrected chi connectivity index (χ0v) is 12.2. The van der Waals surface area contributed by atoms with E-state index in [0.717, 1.165) is 30.0 Å². The zero-order chi connectivity index (χ0) is 12.5. The molecule has 2 bridgehead atoms. The van der Waals surface area contributed by atoms with E-state index in [1.54, 1.807) is 0 Å². The van der Waals surface area contributed by atoms with Crippen molar-refractivity contribution in [2.75, 3.05) is 13.6 Å². The van der Waals surface area contributed by atoms with Crippen molar-refractivity contribution in [2.45, 2.75) is 76.4 Å². The summed E-state index contributed by atoms with van der Waals surface area (Å²) in [6.07, 6.45) is 11.6. The van der Waals surface area contributed by atoms with Crippen molar-refractivity contribution in [3.63, 3.8) is 0 Å². The van der Waals surface area contributed by atoms with Gasteiger partial charge >= 0.3 is 0 Å². The molecule has 2 nitrogen and oxygen atoms in total. The van der Waals surface area contributed by atoms with E-state index in [2.05, 4.69) is 24.2 Å². The van der Waals surface area contributed by atoms with Gasteiger partial charge in [0.25, 0.3) is 0 Å². The topological polar surface area (TPSA) is 15.3 Å². The van der Waals surface area contributed by atoms with Gasteiger partial charge in [-0.2, -0.15) is 0 Å². The van der Waals surface area contributed by atoms with Crippen molar-refractivity contribution in [1.82, 2.24) is 10.2 Å². The molecule has 4 atom stereocenters. The van der Waals surface area contributed by atoms with Crippen LogP contribution in [0.5, 0.6) is 0 Å². The molecule has 0 amide bonds. The second-order valence-electron chi connectivity index (χ2n) is 7.16. The molecular formula is C16H30N2.